The SMILES string of the molecule is CC1CSCCN1C1CCCCC1N. The molecule has 2 nitrogen and oxygen atoms in total. The lowest BCUT2D eigenvalue weighted by Gasteiger charge is -2.43. The molecule has 2 rings (SSSR count). The van der Waals surface area contributed by atoms with Crippen LogP contribution in [0.25, 0.3) is 0 Å². The van der Waals surface area contributed by atoms with Gasteiger partial charge in [0.05, 0.1) is 0 Å². The second kappa shape index (κ2) is 4.86. The highest BCUT2D eigenvalue weighted by molar-refractivity contribution is 7.99. The quantitative estimate of drug-likeness (QED) is 0.720. The number of hydrogen-bond acceptors (Lipinski definition) is 3. The highest BCUT2D eigenvalue weighted by Gasteiger charge is 2.31. The summed E-state index contributed by atoms with van der Waals surface area (Å²) in [7, 11) is 0. The van der Waals surface area contributed by atoms with E-state index in [-0.39, 0.29) is 0 Å². The summed E-state index contributed by atoms with van der Waals surface area (Å²) in [6.07, 6.45) is 5.29. The van der Waals surface area contributed by atoms with Crippen molar-refractivity contribution < 1.29 is 0 Å². The van der Waals surface area contributed by atoms with Gasteiger partial charge in [-0.1, -0.05) is 12.8 Å². The molecule has 82 valence electrons. The van der Waals surface area contributed by atoms with E-state index < -0.39 is 0 Å². The van der Waals surface area contributed by atoms with Crippen LogP contribution >= 0.6 is 11.8 Å². The second-order valence-electron chi connectivity index (χ2n) is 4.68. The standard InChI is InChI=1S/C11H22N2S/c1-9-8-14-7-6-13(9)11-5-3-2-4-10(11)12/h9-11H,2-8,12H2,1H3. The van der Waals surface area contributed by atoms with Gasteiger partial charge in [0.1, 0.15) is 0 Å². The third-order valence-electron chi connectivity index (χ3n) is 3.63. The number of rotatable bonds is 1. The molecule has 14 heavy (non-hydrogen) atoms. The average molecular weight is 214 g/mol. The van der Waals surface area contributed by atoms with Gasteiger partial charge in [-0.25, -0.2) is 0 Å². The van der Waals surface area contributed by atoms with Crippen molar-refractivity contribution in [3.8, 4) is 0 Å². The van der Waals surface area contributed by atoms with E-state index in [9.17, 15) is 0 Å². The highest BCUT2D eigenvalue weighted by atomic mass is 32.2. The zero-order valence-electron chi connectivity index (χ0n) is 9.11. The van der Waals surface area contributed by atoms with Crippen LogP contribution in [0.4, 0.5) is 0 Å². The van der Waals surface area contributed by atoms with Crippen LogP contribution in [-0.2, 0) is 0 Å². The van der Waals surface area contributed by atoms with Crippen LogP contribution in [0.5, 0.6) is 0 Å². The van der Waals surface area contributed by atoms with Crippen LogP contribution in [-0.4, -0.2) is 41.1 Å². The molecule has 3 atom stereocenters. The molecule has 0 aromatic rings. The Morgan fingerprint density at radius 1 is 1.29 bits per heavy atom. The van der Waals surface area contributed by atoms with E-state index in [1.165, 1.54) is 43.7 Å². The van der Waals surface area contributed by atoms with Gasteiger partial charge in [0.25, 0.3) is 0 Å². The Morgan fingerprint density at radius 3 is 2.79 bits per heavy atom. The third kappa shape index (κ3) is 2.26. The van der Waals surface area contributed by atoms with Crippen molar-refractivity contribution >= 4 is 11.8 Å². The molecule has 0 radical (unpaired) electrons. The van der Waals surface area contributed by atoms with E-state index in [2.05, 4.69) is 23.6 Å². The van der Waals surface area contributed by atoms with Crippen LogP contribution in [0.3, 0.4) is 0 Å². The fraction of sp³-hybridized carbons (Fsp3) is 1.00. The topological polar surface area (TPSA) is 29.3 Å². The van der Waals surface area contributed by atoms with Crippen LogP contribution in [0.2, 0.25) is 0 Å². The molecule has 0 bridgehead atoms. The van der Waals surface area contributed by atoms with E-state index >= 15 is 0 Å². The minimum Gasteiger partial charge on any atom is -0.326 e. The second-order valence-corrected chi connectivity index (χ2v) is 5.83. The first-order valence-corrected chi connectivity index (χ1v) is 7.03. The van der Waals surface area contributed by atoms with Gasteiger partial charge >= 0.3 is 0 Å². The van der Waals surface area contributed by atoms with E-state index in [4.69, 9.17) is 5.73 Å². The molecule has 0 amide bonds. The fourth-order valence-electron chi connectivity index (χ4n) is 2.78. The van der Waals surface area contributed by atoms with Gasteiger partial charge in [0, 0.05) is 36.2 Å². The van der Waals surface area contributed by atoms with Gasteiger partial charge in [0.2, 0.25) is 0 Å². The van der Waals surface area contributed by atoms with Crippen LogP contribution in [0, 0.1) is 0 Å². The molecule has 3 heteroatoms. The first-order chi connectivity index (χ1) is 6.79. The van der Waals surface area contributed by atoms with Gasteiger partial charge in [-0.3, -0.25) is 4.90 Å². The molecule has 1 heterocycles. The average Bonchev–Trinajstić information content (AvgIpc) is 2.20. The number of nitrogens with zero attached hydrogens (tertiary/aromatic N) is 1. The molecular weight excluding hydrogens is 192 g/mol. The lowest BCUT2D eigenvalue weighted by molar-refractivity contribution is 0.111. The molecule has 1 aliphatic carbocycles. The summed E-state index contributed by atoms with van der Waals surface area (Å²) in [6.45, 7) is 3.61. The molecule has 1 saturated heterocycles. The lowest BCUT2D eigenvalue weighted by atomic mass is 9.89. The van der Waals surface area contributed by atoms with Gasteiger partial charge < -0.3 is 5.73 Å². The summed E-state index contributed by atoms with van der Waals surface area (Å²) in [5, 5.41) is 0. The molecule has 1 saturated carbocycles. The smallest absolute Gasteiger partial charge is 0.0250 e. The molecule has 2 N–H and O–H groups in total. The Kier molecular flexibility index (Phi) is 3.74. The fourth-order valence-corrected chi connectivity index (χ4v) is 3.82. The predicted octanol–water partition coefficient (Wildman–Crippen LogP) is 1.69. The van der Waals surface area contributed by atoms with Crippen LogP contribution in [0.15, 0.2) is 0 Å². The van der Waals surface area contributed by atoms with E-state index in [1.807, 2.05) is 0 Å². The zero-order chi connectivity index (χ0) is 9.97. The molecule has 0 aromatic carbocycles. The summed E-state index contributed by atoms with van der Waals surface area (Å²) < 4.78 is 0. The van der Waals surface area contributed by atoms with Gasteiger partial charge in [-0.15, -0.1) is 0 Å². The summed E-state index contributed by atoms with van der Waals surface area (Å²) >= 11 is 2.09. The molecule has 2 aliphatic rings. The lowest BCUT2D eigenvalue weighted by Crippen LogP contribution is -2.55. The number of hydrogen-bond donors (Lipinski definition) is 1. The zero-order valence-corrected chi connectivity index (χ0v) is 9.93. The van der Waals surface area contributed by atoms with Crippen molar-refractivity contribution in [1.82, 2.24) is 4.90 Å². The first-order valence-electron chi connectivity index (χ1n) is 5.88. The summed E-state index contributed by atoms with van der Waals surface area (Å²) in [6, 6.07) is 1.86. The van der Waals surface area contributed by atoms with Crippen LogP contribution in [0.1, 0.15) is 32.6 Å². The number of nitrogens with two attached hydrogens (primary N) is 1. The normalized spacial score (nSPS) is 41.1. The van der Waals surface area contributed by atoms with Crippen molar-refractivity contribution in [2.75, 3.05) is 18.1 Å². The van der Waals surface area contributed by atoms with Crippen molar-refractivity contribution in [2.24, 2.45) is 5.73 Å². The molecule has 0 aromatic heterocycles. The molecule has 0 spiro atoms. The predicted molar refractivity (Wildman–Crippen MR) is 63.7 cm³/mol. The monoisotopic (exact) mass is 214 g/mol. The Balaban J connectivity index is 1.96. The van der Waals surface area contributed by atoms with E-state index in [1.54, 1.807) is 0 Å². The van der Waals surface area contributed by atoms with Gasteiger partial charge in [-0.05, 0) is 19.8 Å². The Morgan fingerprint density at radius 2 is 2.07 bits per heavy atom. The maximum absolute atomic E-state index is 6.22. The van der Waals surface area contributed by atoms with E-state index in [0.29, 0.717) is 12.1 Å². The molecule has 2 fully saturated rings. The van der Waals surface area contributed by atoms with Crippen LogP contribution < -0.4 is 5.73 Å². The molecule has 3 unspecified atom stereocenters. The van der Waals surface area contributed by atoms with Crippen molar-refractivity contribution in [1.29, 1.82) is 0 Å². The summed E-state index contributed by atoms with van der Waals surface area (Å²) in [4.78, 5) is 2.67. The van der Waals surface area contributed by atoms with Gasteiger partial charge in [0.15, 0.2) is 0 Å². The third-order valence-corrected chi connectivity index (χ3v) is 4.82. The summed E-state index contributed by atoms with van der Waals surface area (Å²) in [5.74, 6) is 2.59. The maximum Gasteiger partial charge on any atom is 0.0250 e. The first kappa shape index (κ1) is 10.8. The highest BCUT2D eigenvalue weighted by Crippen LogP contribution is 2.27. The molecule has 1 aliphatic heterocycles. The Bertz CT molecular complexity index is 166. The maximum atomic E-state index is 6.22. The van der Waals surface area contributed by atoms with Crippen molar-refractivity contribution in [3.63, 3.8) is 0 Å². The largest absolute Gasteiger partial charge is 0.326 e. The van der Waals surface area contributed by atoms with Crippen molar-refractivity contribution in [2.45, 2.75) is 50.7 Å². The molecular formula is C11H22N2S. The van der Waals surface area contributed by atoms with Gasteiger partial charge in [-0.2, -0.15) is 11.8 Å². The Labute approximate surface area is 91.6 Å². The van der Waals surface area contributed by atoms with E-state index in [0.717, 1.165) is 6.04 Å². The number of thioether (sulfide) groups is 1. The summed E-state index contributed by atoms with van der Waals surface area (Å²) in [5.41, 5.74) is 6.22. The Hall–Kier alpha value is 0.270. The minimum absolute atomic E-state index is 0.439. The minimum atomic E-state index is 0.439. The van der Waals surface area contributed by atoms with Crippen molar-refractivity contribution in [3.05, 3.63) is 0 Å².